The Morgan fingerprint density at radius 3 is 2.00 bits per heavy atom. The van der Waals surface area contributed by atoms with Gasteiger partial charge in [0.05, 0.1) is 0 Å². The van der Waals surface area contributed by atoms with E-state index in [-0.39, 0.29) is 17.7 Å². The fourth-order valence-electron chi connectivity index (χ4n) is 2.26. The lowest BCUT2D eigenvalue weighted by Gasteiger charge is -2.33. The third kappa shape index (κ3) is 2.78. The number of nitrogens with one attached hydrogen (secondary N) is 2. The Morgan fingerprint density at radius 1 is 1.09 bits per heavy atom. The number of benzene rings is 1. The van der Waals surface area contributed by atoms with Crippen molar-refractivity contribution in [2.45, 2.75) is 18.8 Å². The second-order valence-electron chi connectivity index (χ2n) is 4.53. The summed E-state index contributed by atoms with van der Waals surface area (Å²) in [4.78, 5) is 35.4. The zero-order valence-corrected chi connectivity index (χ0v) is 12.1. The number of imide groups is 2. The minimum atomic E-state index is -4.67. The molecular formula is C12H12N2O7S. The van der Waals surface area contributed by atoms with E-state index in [1.165, 1.54) is 24.3 Å². The van der Waals surface area contributed by atoms with E-state index in [0.29, 0.717) is 0 Å². The average molecular weight is 328 g/mol. The van der Waals surface area contributed by atoms with Gasteiger partial charge in [0.15, 0.2) is 5.41 Å². The third-order valence-electron chi connectivity index (χ3n) is 3.31. The molecule has 1 aliphatic rings. The van der Waals surface area contributed by atoms with E-state index in [2.05, 4.69) is 4.18 Å². The van der Waals surface area contributed by atoms with Gasteiger partial charge in [0.25, 0.3) is 0 Å². The summed E-state index contributed by atoms with van der Waals surface area (Å²) in [5, 5.41) is 4.05. The summed E-state index contributed by atoms with van der Waals surface area (Å²) in [6.45, 7) is 1.59. The highest BCUT2D eigenvalue weighted by atomic mass is 32.3. The summed E-state index contributed by atoms with van der Waals surface area (Å²) < 4.78 is 34.1. The highest BCUT2D eigenvalue weighted by Gasteiger charge is 2.50. The molecule has 1 fully saturated rings. The summed E-state index contributed by atoms with van der Waals surface area (Å²) in [6, 6.07) is 4.07. The van der Waals surface area contributed by atoms with Crippen LogP contribution in [0.3, 0.4) is 0 Å². The van der Waals surface area contributed by atoms with Crippen molar-refractivity contribution in [2.75, 3.05) is 0 Å². The molecule has 1 aromatic carbocycles. The number of urea groups is 1. The standard InChI is InChI=1S/C12H12N2O7S/c1-2-12(9(15)13-11(17)14-10(12)16)7-3-5-8(6-4-7)21-22(18,19)20/h3-6H,2H2,1H3,(H,18,19,20)(H2,13,14,15,16,17). The number of hydrogen-bond donors (Lipinski definition) is 3. The quantitative estimate of drug-likeness (QED) is 0.517. The van der Waals surface area contributed by atoms with Crippen LogP contribution < -0.4 is 14.8 Å². The van der Waals surface area contributed by atoms with E-state index in [1.807, 2.05) is 10.6 Å². The molecule has 9 nitrogen and oxygen atoms in total. The molecule has 0 aliphatic carbocycles. The maximum Gasteiger partial charge on any atom is 0.446 e. The Morgan fingerprint density at radius 2 is 1.59 bits per heavy atom. The zero-order chi connectivity index (χ0) is 16.5. The Labute approximate surface area is 125 Å². The first kappa shape index (κ1) is 15.9. The van der Waals surface area contributed by atoms with Gasteiger partial charge in [0, 0.05) is 0 Å². The summed E-state index contributed by atoms with van der Waals surface area (Å²) in [6.07, 6.45) is 0.0798. The van der Waals surface area contributed by atoms with E-state index in [1.54, 1.807) is 6.92 Å². The van der Waals surface area contributed by atoms with Crippen LogP contribution in [0.15, 0.2) is 24.3 Å². The first-order valence-electron chi connectivity index (χ1n) is 6.13. The SMILES string of the molecule is CCC1(c2ccc(OS(=O)(=O)O)cc2)C(=O)NC(=O)NC1=O. The van der Waals surface area contributed by atoms with Crippen LogP contribution in [0.4, 0.5) is 4.79 Å². The van der Waals surface area contributed by atoms with Crippen LogP contribution in [0.2, 0.25) is 0 Å². The molecule has 10 heteroatoms. The Kier molecular flexibility index (Phi) is 3.90. The van der Waals surface area contributed by atoms with Gasteiger partial charge in [-0.15, -0.1) is 0 Å². The van der Waals surface area contributed by atoms with Gasteiger partial charge >= 0.3 is 16.4 Å². The van der Waals surface area contributed by atoms with E-state index in [4.69, 9.17) is 4.55 Å². The molecule has 0 saturated carbocycles. The molecule has 2 rings (SSSR count). The van der Waals surface area contributed by atoms with Crippen LogP contribution in [0.5, 0.6) is 5.75 Å². The molecule has 22 heavy (non-hydrogen) atoms. The molecule has 1 aliphatic heterocycles. The minimum absolute atomic E-state index is 0.0798. The van der Waals surface area contributed by atoms with Gasteiger partial charge in [-0.3, -0.25) is 24.8 Å². The highest BCUT2D eigenvalue weighted by molar-refractivity contribution is 7.81. The molecule has 0 radical (unpaired) electrons. The van der Waals surface area contributed by atoms with Crippen LogP contribution in [0.25, 0.3) is 0 Å². The van der Waals surface area contributed by atoms with Gasteiger partial charge < -0.3 is 4.18 Å². The number of carbonyl (C=O) groups excluding carboxylic acids is 3. The number of rotatable bonds is 4. The molecule has 1 aromatic rings. The molecule has 0 unspecified atom stereocenters. The minimum Gasteiger partial charge on any atom is -0.362 e. The monoisotopic (exact) mass is 328 g/mol. The van der Waals surface area contributed by atoms with Gasteiger partial charge in [-0.05, 0) is 24.1 Å². The molecule has 0 atom stereocenters. The van der Waals surface area contributed by atoms with Crippen LogP contribution in [0, 0.1) is 0 Å². The highest BCUT2D eigenvalue weighted by Crippen LogP contribution is 2.32. The number of amides is 4. The second kappa shape index (κ2) is 5.39. The Balaban J connectivity index is 2.41. The van der Waals surface area contributed by atoms with Gasteiger partial charge in [-0.1, -0.05) is 19.1 Å². The summed E-state index contributed by atoms with van der Waals surface area (Å²) >= 11 is 0. The molecule has 4 amide bonds. The van der Waals surface area contributed by atoms with E-state index < -0.39 is 33.7 Å². The smallest absolute Gasteiger partial charge is 0.362 e. The summed E-state index contributed by atoms with van der Waals surface area (Å²) in [7, 11) is -4.67. The number of carbonyl (C=O) groups is 3. The predicted octanol–water partition coefficient (Wildman–Crippen LogP) is -0.118. The topological polar surface area (TPSA) is 139 Å². The second-order valence-corrected chi connectivity index (χ2v) is 5.55. The maximum atomic E-state index is 12.1. The van der Waals surface area contributed by atoms with Crippen molar-refractivity contribution >= 4 is 28.2 Å². The van der Waals surface area contributed by atoms with Crippen molar-refractivity contribution in [3.05, 3.63) is 29.8 Å². The summed E-state index contributed by atoms with van der Waals surface area (Å²) in [5.74, 6) is -1.73. The van der Waals surface area contributed by atoms with Crippen LogP contribution in [-0.4, -0.2) is 30.8 Å². The fourth-order valence-corrected chi connectivity index (χ4v) is 2.61. The van der Waals surface area contributed by atoms with Crippen molar-refractivity contribution in [2.24, 2.45) is 0 Å². The van der Waals surface area contributed by atoms with Crippen molar-refractivity contribution in [1.82, 2.24) is 10.6 Å². The number of hydrogen-bond acceptors (Lipinski definition) is 6. The van der Waals surface area contributed by atoms with Crippen LogP contribution in [0.1, 0.15) is 18.9 Å². The molecule has 0 aromatic heterocycles. The van der Waals surface area contributed by atoms with E-state index >= 15 is 0 Å². The first-order chi connectivity index (χ1) is 10.2. The van der Waals surface area contributed by atoms with Gasteiger partial charge in [0.1, 0.15) is 5.75 Å². The van der Waals surface area contributed by atoms with E-state index in [9.17, 15) is 22.8 Å². The average Bonchev–Trinajstić information content (AvgIpc) is 2.38. The largest absolute Gasteiger partial charge is 0.446 e. The van der Waals surface area contributed by atoms with Gasteiger partial charge in [-0.25, -0.2) is 4.79 Å². The normalized spacial score (nSPS) is 17.6. The number of barbiturate groups is 1. The molecule has 1 heterocycles. The lowest BCUT2D eigenvalue weighted by molar-refractivity contribution is -0.138. The van der Waals surface area contributed by atoms with Crippen molar-refractivity contribution < 1.29 is 31.5 Å². The molecule has 3 N–H and O–H groups in total. The molecule has 0 bridgehead atoms. The zero-order valence-electron chi connectivity index (χ0n) is 11.3. The van der Waals surface area contributed by atoms with E-state index in [0.717, 1.165) is 0 Å². The molecule has 0 spiro atoms. The van der Waals surface area contributed by atoms with Crippen LogP contribution in [-0.2, 0) is 25.4 Å². The van der Waals surface area contributed by atoms with Crippen LogP contribution >= 0.6 is 0 Å². The van der Waals surface area contributed by atoms with Crippen molar-refractivity contribution in [1.29, 1.82) is 0 Å². The first-order valence-corrected chi connectivity index (χ1v) is 7.50. The molecule has 1 saturated heterocycles. The molecular weight excluding hydrogens is 316 g/mol. The molecule has 118 valence electrons. The van der Waals surface area contributed by atoms with Gasteiger partial charge in [-0.2, -0.15) is 8.42 Å². The van der Waals surface area contributed by atoms with Crippen molar-refractivity contribution in [3.8, 4) is 5.75 Å². The lowest BCUT2D eigenvalue weighted by Crippen LogP contribution is -2.64. The Bertz CT molecular complexity index is 719. The Hall–Kier alpha value is -2.46. The predicted molar refractivity (Wildman–Crippen MR) is 72.3 cm³/mol. The van der Waals surface area contributed by atoms with Gasteiger partial charge in [0.2, 0.25) is 11.8 Å². The summed E-state index contributed by atoms with van der Waals surface area (Å²) in [5.41, 5.74) is -1.36. The third-order valence-corrected chi connectivity index (χ3v) is 3.71. The lowest BCUT2D eigenvalue weighted by atomic mass is 9.75. The fraction of sp³-hybridized carbons (Fsp3) is 0.250. The van der Waals surface area contributed by atoms with Crippen molar-refractivity contribution in [3.63, 3.8) is 0 Å². The maximum absolute atomic E-state index is 12.1.